The fourth-order valence-electron chi connectivity index (χ4n) is 2.84. The summed E-state index contributed by atoms with van der Waals surface area (Å²) in [6, 6.07) is 8.46. The lowest BCUT2D eigenvalue weighted by atomic mass is 10.0. The third-order valence-electron chi connectivity index (χ3n) is 3.87. The molecular weight excluding hydrogens is 250 g/mol. The minimum Gasteiger partial charge on any atom is -0.382 e. The lowest BCUT2D eigenvalue weighted by molar-refractivity contribution is -0.117. The van der Waals surface area contributed by atoms with Crippen molar-refractivity contribution in [3.63, 3.8) is 0 Å². The van der Waals surface area contributed by atoms with Crippen molar-refractivity contribution in [2.45, 2.75) is 38.6 Å². The molecule has 0 unspecified atom stereocenters. The first-order valence-corrected chi connectivity index (χ1v) is 7.54. The van der Waals surface area contributed by atoms with Gasteiger partial charge in [0, 0.05) is 24.8 Å². The number of benzene rings is 1. The zero-order valence-corrected chi connectivity index (χ0v) is 12.3. The van der Waals surface area contributed by atoms with E-state index in [1.165, 1.54) is 13.0 Å². The standard InChI is InChI=1S/C16H25N3O/c1-2-9-19-10-7-14(8-11-19)18-15-6-4-3-5-13(15)12-16(17)20/h3-6,14,18H,2,7-12H2,1H3,(H2,17,20). The van der Waals surface area contributed by atoms with Crippen molar-refractivity contribution in [1.29, 1.82) is 0 Å². The number of hydrogen-bond donors (Lipinski definition) is 2. The molecule has 4 heteroatoms. The zero-order chi connectivity index (χ0) is 14.4. The quantitative estimate of drug-likeness (QED) is 0.835. The number of piperidine rings is 1. The molecule has 1 amide bonds. The van der Waals surface area contributed by atoms with Gasteiger partial charge in [0.1, 0.15) is 0 Å². The molecule has 0 saturated carbocycles. The summed E-state index contributed by atoms with van der Waals surface area (Å²) < 4.78 is 0. The lowest BCUT2D eigenvalue weighted by Gasteiger charge is -2.33. The lowest BCUT2D eigenvalue weighted by Crippen LogP contribution is -2.39. The number of anilines is 1. The van der Waals surface area contributed by atoms with E-state index in [0.717, 1.165) is 37.2 Å². The van der Waals surface area contributed by atoms with Crippen LogP contribution < -0.4 is 11.1 Å². The van der Waals surface area contributed by atoms with Crippen LogP contribution in [0.5, 0.6) is 0 Å². The van der Waals surface area contributed by atoms with Gasteiger partial charge in [-0.2, -0.15) is 0 Å². The molecule has 0 spiro atoms. The Labute approximate surface area is 121 Å². The van der Waals surface area contributed by atoms with Gasteiger partial charge >= 0.3 is 0 Å². The summed E-state index contributed by atoms with van der Waals surface area (Å²) in [6.07, 6.45) is 3.84. The molecule has 2 rings (SSSR count). The van der Waals surface area contributed by atoms with Crippen LogP contribution in [0.25, 0.3) is 0 Å². The van der Waals surface area contributed by atoms with E-state index in [1.54, 1.807) is 0 Å². The van der Waals surface area contributed by atoms with Gasteiger partial charge in [0.25, 0.3) is 0 Å². The van der Waals surface area contributed by atoms with Gasteiger partial charge in [0.15, 0.2) is 0 Å². The maximum atomic E-state index is 11.1. The summed E-state index contributed by atoms with van der Waals surface area (Å²) >= 11 is 0. The molecule has 4 nitrogen and oxygen atoms in total. The molecule has 1 aliphatic rings. The number of nitrogens with two attached hydrogens (primary N) is 1. The maximum Gasteiger partial charge on any atom is 0.221 e. The van der Waals surface area contributed by atoms with Gasteiger partial charge < -0.3 is 16.0 Å². The smallest absolute Gasteiger partial charge is 0.221 e. The average molecular weight is 275 g/mol. The SMILES string of the molecule is CCCN1CCC(Nc2ccccc2CC(N)=O)CC1. The predicted octanol–water partition coefficient (Wildman–Crippen LogP) is 2.00. The van der Waals surface area contributed by atoms with Gasteiger partial charge in [-0.3, -0.25) is 4.79 Å². The summed E-state index contributed by atoms with van der Waals surface area (Å²) in [7, 11) is 0. The fraction of sp³-hybridized carbons (Fsp3) is 0.562. The fourth-order valence-corrected chi connectivity index (χ4v) is 2.84. The van der Waals surface area contributed by atoms with Crippen molar-refractivity contribution in [2.75, 3.05) is 25.0 Å². The highest BCUT2D eigenvalue weighted by molar-refractivity contribution is 5.78. The van der Waals surface area contributed by atoms with Gasteiger partial charge in [-0.25, -0.2) is 0 Å². The van der Waals surface area contributed by atoms with Crippen LogP contribution in [0, 0.1) is 0 Å². The molecule has 0 aromatic heterocycles. The third-order valence-corrected chi connectivity index (χ3v) is 3.87. The summed E-state index contributed by atoms with van der Waals surface area (Å²) in [5, 5.41) is 3.58. The zero-order valence-electron chi connectivity index (χ0n) is 12.3. The van der Waals surface area contributed by atoms with Gasteiger partial charge in [0.05, 0.1) is 6.42 Å². The Hall–Kier alpha value is -1.55. The Morgan fingerprint density at radius 1 is 1.35 bits per heavy atom. The van der Waals surface area contributed by atoms with Crippen LogP contribution in [-0.2, 0) is 11.2 Å². The van der Waals surface area contributed by atoms with Crippen molar-refractivity contribution in [3.05, 3.63) is 29.8 Å². The largest absolute Gasteiger partial charge is 0.382 e. The second-order valence-electron chi connectivity index (χ2n) is 5.56. The van der Waals surface area contributed by atoms with Crippen LogP contribution in [0.4, 0.5) is 5.69 Å². The molecule has 20 heavy (non-hydrogen) atoms. The number of nitrogens with zero attached hydrogens (tertiary/aromatic N) is 1. The number of primary amides is 1. The predicted molar refractivity (Wildman–Crippen MR) is 82.7 cm³/mol. The van der Waals surface area contributed by atoms with E-state index in [0.29, 0.717) is 12.5 Å². The second kappa shape index (κ2) is 7.29. The first kappa shape index (κ1) is 14.9. The van der Waals surface area contributed by atoms with E-state index in [9.17, 15) is 4.79 Å². The number of nitrogens with one attached hydrogen (secondary N) is 1. The number of hydrogen-bond acceptors (Lipinski definition) is 3. The Morgan fingerprint density at radius 3 is 2.70 bits per heavy atom. The monoisotopic (exact) mass is 275 g/mol. The van der Waals surface area contributed by atoms with Gasteiger partial charge in [0.2, 0.25) is 5.91 Å². The van der Waals surface area contributed by atoms with E-state index in [2.05, 4.69) is 17.1 Å². The maximum absolute atomic E-state index is 11.1. The van der Waals surface area contributed by atoms with E-state index in [1.807, 2.05) is 24.3 Å². The minimum atomic E-state index is -0.281. The average Bonchev–Trinajstić information content (AvgIpc) is 2.43. The molecule has 0 atom stereocenters. The summed E-state index contributed by atoms with van der Waals surface area (Å²) in [4.78, 5) is 13.6. The normalized spacial score (nSPS) is 17.1. The molecule has 1 heterocycles. The minimum absolute atomic E-state index is 0.281. The van der Waals surface area contributed by atoms with Crippen LogP contribution in [0.1, 0.15) is 31.7 Å². The van der Waals surface area contributed by atoms with Crippen molar-refractivity contribution in [2.24, 2.45) is 5.73 Å². The first-order valence-electron chi connectivity index (χ1n) is 7.54. The molecule has 0 aliphatic carbocycles. The molecule has 1 aliphatic heterocycles. The van der Waals surface area contributed by atoms with Crippen LogP contribution in [0.15, 0.2) is 24.3 Å². The highest BCUT2D eigenvalue weighted by atomic mass is 16.1. The summed E-state index contributed by atoms with van der Waals surface area (Å²) in [5.41, 5.74) is 7.36. The molecule has 0 radical (unpaired) electrons. The van der Waals surface area contributed by atoms with Crippen molar-refractivity contribution in [1.82, 2.24) is 4.90 Å². The Kier molecular flexibility index (Phi) is 5.41. The molecule has 0 bridgehead atoms. The van der Waals surface area contributed by atoms with E-state index in [-0.39, 0.29) is 5.91 Å². The number of rotatable bonds is 6. The van der Waals surface area contributed by atoms with Gasteiger partial charge in [-0.15, -0.1) is 0 Å². The van der Waals surface area contributed by atoms with Gasteiger partial charge in [-0.05, 0) is 37.4 Å². The second-order valence-corrected chi connectivity index (χ2v) is 5.56. The number of carbonyl (C=O) groups excluding carboxylic acids is 1. The van der Waals surface area contributed by atoms with Crippen LogP contribution >= 0.6 is 0 Å². The molecule has 110 valence electrons. The molecule has 1 aromatic rings. The Morgan fingerprint density at radius 2 is 2.05 bits per heavy atom. The van der Waals surface area contributed by atoms with Crippen LogP contribution in [-0.4, -0.2) is 36.5 Å². The van der Waals surface area contributed by atoms with E-state index >= 15 is 0 Å². The van der Waals surface area contributed by atoms with E-state index in [4.69, 9.17) is 5.73 Å². The highest BCUT2D eigenvalue weighted by Crippen LogP contribution is 2.20. The van der Waals surface area contributed by atoms with Crippen LogP contribution in [0.3, 0.4) is 0 Å². The number of para-hydroxylation sites is 1. The molecule has 1 fully saturated rings. The Balaban J connectivity index is 1.92. The highest BCUT2D eigenvalue weighted by Gasteiger charge is 2.19. The van der Waals surface area contributed by atoms with Crippen molar-refractivity contribution < 1.29 is 4.79 Å². The Bertz CT molecular complexity index is 439. The number of carbonyl (C=O) groups is 1. The summed E-state index contributed by atoms with van der Waals surface area (Å²) in [5.74, 6) is -0.281. The summed E-state index contributed by atoms with van der Waals surface area (Å²) in [6.45, 7) is 5.74. The van der Waals surface area contributed by atoms with Crippen LogP contribution in [0.2, 0.25) is 0 Å². The molecular formula is C16H25N3O. The molecule has 1 saturated heterocycles. The topological polar surface area (TPSA) is 58.4 Å². The number of amides is 1. The third kappa shape index (κ3) is 4.23. The van der Waals surface area contributed by atoms with Crippen molar-refractivity contribution >= 4 is 11.6 Å². The van der Waals surface area contributed by atoms with E-state index < -0.39 is 0 Å². The molecule has 1 aromatic carbocycles. The first-order chi connectivity index (χ1) is 9.69. The number of likely N-dealkylation sites (tertiary alicyclic amines) is 1. The molecule has 3 N–H and O–H groups in total. The van der Waals surface area contributed by atoms with Gasteiger partial charge in [-0.1, -0.05) is 25.1 Å². The van der Waals surface area contributed by atoms with Crippen molar-refractivity contribution in [3.8, 4) is 0 Å².